The van der Waals surface area contributed by atoms with E-state index >= 15 is 0 Å². The van der Waals surface area contributed by atoms with E-state index in [1.54, 1.807) is 18.1 Å². The molecule has 6 nitrogen and oxygen atoms in total. The number of hydrogen-bond donors (Lipinski definition) is 1. The molecule has 2 fully saturated rings. The molecule has 0 radical (unpaired) electrons. The first-order valence-corrected chi connectivity index (χ1v) is 14.6. The van der Waals surface area contributed by atoms with Gasteiger partial charge in [-0.25, -0.2) is 0 Å². The molecule has 224 valence electrons. The maximum atomic E-state index is 13.8. The zero-order valence-corrected chi connectivity index (χ0v) is 24.2. The third-order valence-corrected chi connectivity index (χ3v) is 9.91. The SMILES string of the molecule is C=CCN1CC[C@]23c4c5ccc(OC)c4O[C@H]2[C@H](N(C(=O)C=Cc2cccc(C(F)(F)F)c2)C(C)C)CC[C@@]3(O)[C@H]1C5. The molecule has 1 saturated heterocycles. The summed E-state index contributed by atoms with van der Waals surface area (Å²) >= 11 is 0. The number of hydrogen-bond acceptors (Lipinski definition) is 5. The normalized spacial score (nSPS) is 29.8. The topological polar surface area (TPSA) is 62.2 Å². The molecule has 1 N–H and O–H groups in total. The van der Waals surface area contributed by atoms with E-state index in [9.17, 15) is 23.1 Å². The lowest BCUT2D eigenvalue weighted by Crippen LogP contribution is -2.78. The Morgan fingerprint density at radius 2 is 2.07 bits per heavy atom. The second-order valence-corrected chi connectivity index (χ2v) is 12.2. The highest BCUT2D eigenvalue weighted by Crippen LogP contribution is 2.66. The molecule has 1 amide bonds. The monoisotopic (exact) mass is 582 g/mol. The van der Waals surface area contributed by atoms with Crippen molar-refractivity contribution in [3.05, 3.63) is 77.4 Å². The predicted octanol–water partition coefficient (Wildman–Crippen LogP) is 5.37. The fourth-order valence-corrected chi connectivity index (χ4v) is 8.30. The first kappa shape index (κ1) is 28.8. The molecular weight excluding hydrogens is 545 g/mol. The summed E-state index contributed by atoms with van der Waals surface area (Å²) in [7, 11) is 1.60. The molecule has 9 heteroatoms. The van der Waals surface area contributed by atoms with Crippen LogP contribution in [0.15, 0.2) is 55.1 Å². The summed E-state index contributed by atoms with van der Waals surface area (Å²) in [5.74, 6) is 0.950. The number of benzene rings is 2. The van der Waals surface area contributed by atoms with E-state index < -0.39 is 28.9 Å². The van der Waals surface area contributed by atoms with Crippen molar-refractivity contribution in [1.29, 1.82) is 0 Å². The first-order valence-electron chi connectivity index (χ1n) is 14.6. The Morgan fingerprint density at radius 3 is 2.76 bits per heavy atom. The number of aliphatic hydroxyl groups is 1. The van der Waals surface area contributed by atoms with Crippen molar-refractivity contribution in [3.8, 4) is 11.5 Å². The fourth-order valence-electron chi connectivity index (χ4n) is 8.30. The number of amides is 1. The van der Waals surface area contributed by atoms with Gasteiger partial charge in [-0.2, -0.15) is 13.2 Å². The molecule has 0 unspecified atom stereocenters. The van der Waals surface area contributed by atoms with Crippen molar-refractivity contribution in [1.82, 2.24) is 9.80 Å². The van der Waals surface area contributed by atoms with Gasteiger partial charge in [0, 0.05) is 30.3 Å². The molecule has 2 heterocycles. The van der Waals surface area contributed by atoms with E-state index in [4.69, 9.17) is 9.47 Å². The number of likely N-dealkylation sites (tertiary alicyclic amines) is 1. The molecule has 2 aromatic carbocycles. The van der Waals surface area contributed by atoms with Crippen LogP contribution in [0.5, 0.6) is 11.5 Å². The van der Waals surface area contributed by atoms with Gasteiger partial charge in [0.25, 0.3) is 0 Å². The highest BCUT2D eigenvalue weighted by molar-refractivity contribution is 5.92. The Bertz CT molecular complexity index is 1440. The van der Waals surface area contributed by atoms with Crippen LogP contribution in [0, 0.1) is 0 Å². The molecule has 5 atom stereocenters. The average Bonchev–Trinajstić information content (AvgIpc) is 3.30. The maximum Gasteiger partial charge on any atom is 0.416 e. The Balaban J connectivity index is 1.40. The molecule has 6 rings (SSSR count). The van der Waals surface area contributed by atoms with Gasteiger partial charge in [0.2, 0.25) is 5.91 Å². The minimum absolute atomic E-state index is 0.118. The number of carbonyl (C=O) groups excluding carboxylic acids is 1. The van der Waals surface area contributed by atoms with E-state index in [1.807, 2.05) is 26.0 Å². The molecule has 2 bridgehead atoms. The van der Waals surface area contributed by atoms with Gasteiger partial charge >= 0.3 is 6.18 Å². The van der Waals surface area contributed by atoms with Gasteiger partial charge in [0.15, 0.2) is 11.5 Å². The largest absolute Gasteiger partial charge is 0.493 e. The van der Waals surface area contributed by atoms with Gasteiger partial charge in [0.05, 0.1) is 29.7 Å². The lowest BCUT2D eigenvalue weighted by molar-refractivity contribution is -0.200. The van der Waals surface area contributed by atoms with Gasteiger partial charge < -0.3 is 19.5 Å². The molecule has 2 aliphatic carbocycles. The molecule has 2 aliphatic heterocycles. The number of piperidine rings is 1. The zero-order chi connectivity index (χ0) is 30.0. The summed E-state index contributed by atoms with van der Waals surface area (Å²) in [5, 5.41) is 12.7. The molecule has 2 aromatic rings. The summed E-state index contributed by atoms with van der Waals surface area (Å²) in [6, 6.07) is 8.21. The van der Waals surface area contributed by atoms with Crippen LogP contribution in [-0.2, 0) is 22.8 Å². The number of methoxy groups -OCH3 is 1. The van der Waals surface area contributed by atoms with Crippen LogP contribution >= 0.6 is 0 Å². The maximum absolute atomic E-state index is 13.8. The van der Waals surface area contributed by atoms with Crippen LogP contribution in [0.1, 0.15) is 55.4 Å². The second-order valence-electron chi connectivity index (χ2n) is 12.2. The van der Waals surface area contributed by atoms with Crippen LogP contribution in [0.4, 0.5) is 13.2 Å². The Hall–Kier alpha value is -3.30. The molecule has 1 spiro atoms. The van der Waals surface area contributed by atoms with E-state index in [1.165, 1.54) is 18.2 Å². The highest BCUT2D eigenvalue weighted by atomic mass is 19.4. The van der Waals surface area contributed by atoms with Crippen LogP contribution in [0.2, 0.25) is 0 Å². The van der Waals surface area contributed by atoms with Crippen molar-refractivity contribution in [2.45, 2.75) is 81.0 Å². The summed E-state index contributed by atoms with van der Waals surface area (Å²) in [4.78, 5) is 17.9. The summed E-state index contributed by atoms with van der Waals surface area (Å²) in [6.45, 7) is 9.23. The minimum atomic E-state index is -4.47. The first-order chi connectivity index (χ1) is 20.0. The Labute approximate surface area is 244 Å². The number of nitrogens with zero attached hydrogens (tertiary/aromatic N) is 2. The number of alkyl halides is 3. The van der Waals surface area contributed by atoms with Gasteiger partial charge in [-0.1, -0.05) is 24.3 Å². The quantitative estimate of drug-likeness (QED) is 0.351. The Morgan fingerprint density at radius 1 is 1.29 bits per heavy atom. The van der Waals surface area contributed by atoms with Crippen molar-refractivity contribution < 1.29 is 32.5 Å². The third-order valence-electron chi connectivity index (χ3n) is 9.91. The minimum Gasteiger partial charge on any atom is -0.493 e. The van der Waals surface area contributed by atoms with Crippen molar-refractivity contribution in [2.24, 2.45) is 0 Å². The third kappa shape index (κ3) is 4.11. The van der Waals surface area contributed by atoms with Gasteiger partial charge in [-0.3, -0.25) is 9.69 Å². The van der Waals surface area contributed by atoms with Crippen molar-refractivity contribution >= 4 is 12.0 Å². The van der Waals surface area contributed by atoms with E-state index in [2.05, 4.69) is 17.5 Å². The molecule has 1 saturated carbocycles. The van der Waals surface area contributed by atoms with E-state index in [0.717, 1.165) is 29.8 Å². The van der Waals surface area contributed by atoms with Crippen LogP contribution in [0.25, 0.3) is 6.08 Å². The lowest BCUT2D eigenvalue weighted by atomic mass is 9.48. The number of ether oxygens (including phenoxy) is 2. The standard InChI is InChI=1S/C33H37F3N2O4/c1-5-16-37-17-15-31-28-22-10-11-25(41-4)29(28)42-30(31)24(13-14-32(31,40)26(37)19-22)38(20(2)3)27(39)12-9-21-7-6-8-23(18-21)33(34,35)36/h5-12,18,20,24,26,30,40H,1,13-17,19H2,2-4H3/t24-,26-,30+,31+,32-/m1/s1. The lowest BCUT2D eigenvalue weighted by Gasteiger charge is -2.65. The van der Waals surface area contributed by atoms with Gasteiger partial charge in [-0.05, 0) is 81.5 Å². The van der Waals surface area contributed by atoms with E-state index in [-0.39, 0.29) is 24.0 Å². The average molecular weight is 583 g/mol. The fraction of sp³-hybridized carbons (Fsp3) is 0.485. The summed E-state index contributed by atoms with van der Waals surface area (Å²) in [6.07, 6.45) is 2.02. The van der Waals surface area contributed by atoms with Crippen molar-refractivity contribution in [2.75, 3.05) is 20.2 Å². The van der Waals surface area contributed by atoms with Crippen LogP contribution in [0.3, 0.4) is 0 Å². The van der Waals surface area contributed by atoms with Gasteiger partial charge in [0.1, 0.15) is 6.10 Å². The highest BCUT2D eigenvalue weighted by Gasteiger charge is 2.73. The summed E-state index contributed by atoms with van der Waals surface area (Å²) in [5.41, 5.74) is -0.136. The predicted molar refractivity (Wildman–Crippen MR) is 153 cm³/mol. The number of halogens is 3. The van der Waals surface area contributed by atoms with Gasteiger partial charge in [-0.15, -0.1) is 6.58 Å². The number of carbonyl (C=O) groups is 1. The number of rotatable bonds is 7. The Kier molecular flexibility index (Phi) is 6.97. The smallest absolute Gasteiger partial charge is 0.416 e. The molecule has 42 heavy (non-hydrogen) atoms. The van der Waals surface area contributed by atoms with Crippen LogP contribution < -0.4 is 9.47 Å². The molecular formula is C33H37F3N2O4. The zero-order valence-electron chi connectivity index (χ0n) is 24.2. The second kappa shape index (κ2) is 10.2. The van der Waals surface area contributed by atoms with Crippen LogP contribution in [-0.4, -0.2) is 70.8 Å². The van der Waals surface area contributed by atoms with E-state index in [0.29, 0.717) is 49.3 Å². The van der Waals surface area contributed by atoms with Crippen molar-refractivity contribution in [3.63, 3.8) is 0 Å². The summed E-state index contributed by atoms with van der Waals surface area (Å²) < 4.78 is 52.3. The molecule has 4 aliphatic rings. The molecule has 0 aromatic heterocycles.